The lowest BCUT2D eigenvalue weighted by Gasteiger charge is -2.22. The molecule has 2 N–H and O–H groups in total. The molecule has 0 aromatic heterocycles. The van der Waals surface area contributed by atoms with Crippen LogP contribution in [-0.4, -0.2) is 23.9 Å². The van der Waals surface area contributed by atoms with Crippen molar-refractivity contribution in [2.24, 2.45) is 0 Å². The van der Waals surface area contributed by atoms with Gasteiger partial charge in [0.05, 0.1) is 0 Å². The van der Waals surface area contributed by atoms with E-state index in [2.05, 4.69) is 10.6 Å². The molecule has 78 valence electrons. The van der Waals surface area contributed by atoms with Crippen molar-refractivity contribution in [2.75, 3.05) is 0 Å². The Morgan fingerprint density at radius 2 is 1.50 bits per heavy atom. The van der Waals surface area contributed by atoms with Gasteiger partial charge in [-0.3, -0.25) is 4.79 Å². The second-order valence-electron chi connectivity index (χ2n) is 4.21. The highest BCUT2D eigenvalue weighted by Crippen LogP contribution is 2.19. The van der Waals surface area contributed by atoms with E-state index in [9.17, 15) is 9.59 Å². The number of hydrogen-bond donors (Lipinski definition) is 2. The first-order valence-corrected chi connectivity index (χ1v) is 5.33. The normalized spacial score (nSPS) is 23.3. The van der Waals surface area contributed by atoms with Gasteiger partial charge >= 0.3 is 6.03 Å². The van der Waals surface area contributed by atoms with Crippen LogP contribution in [0, 0.1) is 0 Å². The Hall–Kier alpha value is -1.06. The molecule has 0 atom stereocenters. The van der Waals surface area contributed by atoms with E-state index in [4.69, 9.17) is 0 Å². The molecule has 2 aliphatic carbocycles. The quantitative estimate of drug-likeness (QED) is 0.691. The van der Waals surface area contributed by atoms with Crippen LogP contribution in [0.15, 0.2) is 0 Å². The molecule has 2 fully saturated rings. The van der Waals surface area contributed by atoms with Crippen molar-refractivity contribution in [1.29, 1.82) is 0 Å². The predicted molar refractivity (Wildman–Crippen MR) is 52.0 cm³/mol. The minimum atomic E-state index is -0.0631. The van der Waals surface area contributed by atoms with Crippen molar-refractivity contribution in [1.82, 2.24) is 10.6 Å². The second kappa shape index (κ2) is 3.98. The van der Waals surface area contributed by atoms with E-state index in [0.29, 0.717) is 24.7 Å². The monoisotopic (exact) mass is 196 g/mol. The van der Waals surface area contributed by atoms with E-state index in [1.165, 1.54) is 0 Å². The molecule has 0 heterocycles. The van der Waals surface area contributed by atoms with Gasteiger partial charge in [0.1, 0.15) is 5.78 Å². The third-order valence-corrected chi connectivity index (χ3v) is 2.79. The highest BCUT2D eigenvalue weighted by atomic mass is 16.2. The summed E-state index contributed by atoms with van der Waals surface area (Å²) < 4.78 is 0. The van der Waals surface area contributed by atoms with E-state index in [-0.39, 0.29) is 12.1 Å². The summed E-state index contributed by atoms with van der Waals surface area (Å²) in [6.45, 7) is 0. The SMILES string of the molecule is O=C1CCC(NC(=O)NC2CC2)CC1. The smallest absolute Gasteiger partial charge is 0.315 e. The lowest BCUT2D eigenvalue weighted by Crippen LogP contribution is -2.44. The van der Waals surface area contributed by atoms with Crippen LogP contribution in [0.25, 0.3) is 0 Å². The summed E-state index contributed by atoms with van der Waals surface area (Å²) in [5, 5.41) is 5.79. The molecule has 0 unspecified atom stereocenters. The fraction of sp³-hybridized carbons (Fsp3) is 0.800. The molecule has 0 aromatic carbocycles. The van der Waals surface area contributed by atoms with Crippen LogP contribution < -0.4 is 10.6 Å². The lowest BCUT2D eigenvalue weighted by molar-refractivity contribution is -0.120. The fourth-order valence-electron chi connectivity index (χ4n) is 1.72. The fourth-order valence-corrected chi connectivity index (χ4v) is 1.72. The van der Waals surface area contributed by atoms with Crippen LogP contribution in [0.5, 0.6) is 0 Å². The standard InChI is InChI=1S/C10H16N2O2/c13-9-5-3-8(4-6-9)12-10(14)11-7-1-2-7/h7-8H,1-6H2,(H2,11,12,14). The zero-order valence-electron chi connectivity index (χ0n) is 8.21. The van der Waals surface area contributed by atoms with Crippen molar-refractivity contribution in [3.8, 4) is 0 Å². The molecule has 0 saturated heterocycles. The molecule has 0 spiro atoms. The maximum atomic E-state index is 11.3. The first-order chi connectivity index (χ1) is 6.74. The van der Waals surface area contributed by atoms with Crippen LogP contribution in [0.3, 0.4) is 0 Å². The van der Waals surface area contributed by atoms with Gasteiger partial charge in [-0.1, -0.05) is 0 Å². The summed E-state index contributed by atoms with van der Waals surface area (Å²) in [6.07, 6.45) is 5.06. The number of nitrogens with one attached hydrogen (secondary N) is 2. The first kappa shape index (κ1) is 9.49. The zero-order valence-corrected chi connectivity index (χ0v) is 8.21. The molecule has 0 aliphatic heterocycles. The average Bonchev–Trinajstić information content (AvgIpc) is 2.93. The number of urea groups is 1. The van der Waals surface area contributed by atoms with E-state index < -0.39 is 0 Å². The Morgan fingerprint density at radius 1 is 1.00 bits per heavy atom. The van der Waals surface area contributed by atoms with Gasteiger partial charge in [0.2, 0.25) is 0 Å². The van der Waals surface area contributed by atoms with Crippen molar-refractivity contribution < 1.29 is 9.59 Å². The predicted octanol–water partition coefficient (Wildman–Crippen LogP) is 0.960. The summed E-state index contributed by atoms with van der Waals surface area (Å²) in [5.41, 5.74) is 0. The number of carbonyl (C=O) groups is 2. The Labute approximate surface area is 83.4 Å². The molecule has 4 nitrogen and oxygen atoms in total. The van der Waals surface area contributed by atoms with E-state index in [1.807, 2.05) is 0 Å². The van der Waals surface area contributed by atoms with Gasteiger partial charge in [0.15, 0.2) is 0 Å². The summed E-state index contributed by atoms with van der Waals surface area (Å²) >= 11 is 0. The highest BCUT2D eigenvalue weighted by Gasteiger charge is 2.25. The van der Waals surface area contributed by atoms with Crippen molar-refractivity contribution in [3.63, 3.8) is 0 Å². The maximum Gasteiger partial charge on any atom is 0.315 e. The maximum absolute atomic E-state index is 11.3. The molecule has 14 heavy (non-hydrogen) atoms. The second-order valence-corrected chi connectivity index (χ2v) is 4.21. The summed E-state index contributed by atoms with van der Waals surface area (Å²) in [6, 6.07) is 0.540. The molecule has 2 rings (SSSR count). The number of hydrogen-bond acceptors (Lipinski definition) is 2. The molecule has 0 radical (unpaired) electrons. The van der Waals surface area contributed by atoms with E-state index in [1.54, 1.807) is 0 Å². The van der Waals surface area contributed by atoms with Crippen LogP contribution in [0.1, 0.15) is 38.5 Å². The average molecular weight is 196 g/mol. The molecule has 4 heteroatoms. The first-order valence-electron chi connectivity index (χ1n) is 5.33. The van der Waals surface area contributed by atoms with Crippen LogP contribution in [0.2, 0.25) is 0 Å². The van der Waals surface area contributed by atoms with Gasteiger partial charge in [0.25, 0.3) is 0 Å². The highest BCUT2D eigenvalue weighted by molar-refractivity contribution is 5.80. The largest absolute Gasteiger partial charge is 0.335 e. The Bertz CT molecular complexity index is 239. The summed E-state index contributed by atoms with van der Waals surface area (Å²) in [7, 11) is 0. The minimum Gasteiger partial charge on any atom is -0.335 e. The molecule has 2 amide bonds. The number of rotatable bonds is 2. The Kier molecular flexibility index (Phi) is 2.70. The van der Waals surface area contributed by atoms with Gasteiger partial charge in [-0.15, -0.1) is 0 Å². The van der Waals surface area contributed by atoms with Crippen LogP contribution >= 0.6 is 0 Å². The van der Waals surface area contributed by atoms with Crippen molar-refractivity contribution in [3.05, 3.63) is 0 Å². The van der Waals surface area contributed by atoms with Gasteiger partial charge in [-0.2, -0.15) is 0 Å². The molecule has 2 saturated carbocycles. The number of ketones is 1. The molecular weight excluding hydrogens is 180 g/mol. The summed E-state index contributed by atoms with van der Waals surface area (Å²) in [4.78, 5) is 22.3. The van der Waals surface area contributed by atoms with E-state index >= 15 is 0 Å². The number of carbonyl (C=O) groups excluding carboxylic acids is 2. The molecule has 2 aliphatic rings. The zero-order chi connectivity index (χ0) is 9.97. The third-order valence-electron chi connectivity index (χ3n) is 2.79. The van der Waals surface area contributed by atoms with Crippen molar-refractivity contribution >= 4 is 11.8 Å². The number of amides is 2. The topological polar surface area (TPSA) is 58.2 Å². The minimum absolute atomic E-state index is 0.0631. The number of Topliss-reactive ketones (excluding diaryl/α,β-unsaturated/α-hetero) is 1. The van der Waals surface area contributed by atoms with Crippen LogP contribution in [0.4, 0.5) is 4.79 Å². The van der Waals surface area contributed by atoms with Gasteiger partial charge < -0.3 is 10.6 Å². The Morgan fingerprint density at radius 3 is 2.00 bits per heavy atom. The molecule has 0 bridgehead atoms. The lowest BCUT2D eigenvalue weighted by atomic mass is 9.94. The summed E-state index contributed by atoms with van der Waals surface area (Å²) in [5.74, 6) is 0.325. The van der Waals surface area contributed by atoms with E-state index in [0.717, 1.165) is 25.7 Å². The van der Waals surface area contributed by atoms with Gasteiger partial charge in [-0.05, 0) is 25.7 Å². The van der Waals surface area contributed by atoms with Gasteiger partial charge in [0, 0.05) is 24.9 Å². The van der Waals surface area contributed by atoms with Crippen LogP contribution in [-0.2, 0) is 4.79 Å². The Balaban J connectivity index is 1.68. The molecular formula is C10H16N2O2. The third kappa shape index (κ3) is 2.72. The van der Waals surface area contributed by atoms with Gasteiger partial charge in [-0.25, -0.2) is 4.79 Å². The molecule has 0 aromatic rings. The van der Waals surface area contributed by atoms with Crippen molar-refractivity contribution in [2.45, 2.75) is 50.6 Å².